The Hall–Kier alpha value is -14.8. The van der Waals surface area contributed by atoms with Gasteiger partial charge in [0.05, 0.1) is 40.6 Å². The maximum atomic E-state index is 13.5. The third-order valence-corrected chi connectivity index (χ3v) is 22.6. The molecule has 12 aromatic carbocycles. The summed E-state index contributed by atoms with van der Waals surface area (Å²) in [7, 11) is 3.94. The van der Waals surface area contributed by atoms with Crippen LogP contribution >= 0.6 is 0 Å². The summed E-state index contributed by atoms with van der Waals surface area (Å²) in [5.74, 6) is 2.15. The number of aromatic nitrogens is 18. The number of rotatable bonds is 11. The van der Waals surface area contributed by atoms with Crippen LogP contribution in [0.5, 0.6) is 0 Å². The molecule has 0 aliphatic heterocycles. The number of halogens is 2. The second kappa shape index (κ2) is 49.4. The minimum absolute atomic E-state index is 0. The predicted molar refractivity (Wildman–Crippen MR) is 533 cm³/mol. The first-order valence-electron chi connectivity index (χ1n) is 44.1. The molecule has 5 radical (unpaired) electrons. The molecule has 25 aromatic rings. The number of fused-ring (bicyclic) bond motifs is 10. The first-order chi connectivity index (χ1) is 67.1. The van der Waals surface area contributed by atoms with E-state index >= 15 is 0 Å². The van der Waals surface area contributed by atoms with Gasteiger partial charge in [0.1, 0.15) is 11.2 Å². The van der Waals surface area contributed by atoms with Crippen LogP contribution in [-0.2, 0) is 115 Å². The monoisotopic (exact) mass is 2760 g/mol. The van der Waals surface area contributed by atoms with Gasteiger partial charge in [0, 0.05) is 247 Å². The van der Waals surface area contributed by atoms with Gasteiger partial charge in [-0.3, -0.25) is 37.9 Å². The Morgan fingerprint density at radius 1 is 0.444 bits per heavy atom. The topological polar surface area (TPSA) is 196 Å². The molecule has 0 aliphatic rings. The molecule has 13 aromatic heterocycles. The van der Waals surface area contributed by atoms with E-state index in [0.717, 1.165) is 119 Å². The van der Waals surface area contributed by atoms with Crippen LogP contribution in [0.1, 0.15) is 33.4 Å². The van der Waals surface area contributed by atoms with Crippen molar-refractivity contribution in [2.45, 2.75) is 41.5 Å². The van der Waals surface area contributed by atoms with Crippen molar-refractivity contribution in [3.8, 4) is 102 Å². The number of aryl methyl sites for hydroxylation is 8. The van der Waals surface area contributed by atoms with Gasteiger partial charge >= 0.3 is 0 Å². The largest absolute Gasteiger partial charge is 0.662 e. The zero-order chi connectivity index (χ0) is 94.1. The van der Waals surface area contributed by atoms with E-state index in [0.29, 0.717) is 17.0 Å². The van der Waals surface area contributed by atoms with Crippen LogP contribution in [0.3, 0.4) is 0 Å². The molecule has 25 rings (SSSR count). The van der Waals surface area contributed by atoms with Crippen molar-refractivity contribution in [2.75, 3.05) is 0 Å². The van der Waals surface area contributed by atoms with Gasteiger partial charge in [-0.15, -0.1) is 124 Å². The molecule has 0 amide bonds. The Morgan fingerprint density at radius 2 is 1.07 bits per heavy atom. The van der Waals surface area contributed by atoms with Crippen LogP contribution in [0.25, 0.3) is 157 Å². The van der Waals surface area contributed by atoms with E-state index in [2.05, 4.69) is 234 Å². The average molecular weight is 2750 g/mol. The van der Waals surface area contributed by atoms with Crippen LogP contribution < -0.4 is 14.4 Å². The van der Waals surface area contributed by atoms with Gasteiger partial charge in [-0.1, -0.05) is 167 Å². The van der Waals surface area contributed by atoms with E-state index < -0.39 is 11.6 Å². The third-order valence-electron chi connectivity index (χ3n) is 22.6. The van der Waals surface area contributed by atoms with Gasteiger partial charge in [0.2, 0.25) is 0 Å². The fraction of sp³-hybridized carbons (Fsp3) is 0.0696. The van der Waals surface area contributed by atoms with Gasteiger partial charge in [-0.05, 0) is 145 Å². The summed E-state index contributed by atoms with van der Waals surface area (Å²) in [5.41, 5.74) is 24.7. The van der Waals surface area contributed by atoms with Crippen molar-refractivity contribution in [3.63, 3.8) is 0 Å². The second-order valence-electron chi connectivity index (χ2n) is 32.0. The number of pyridine rings is 2. The van der Waals surface area contributed by atoms with Crippen LogP contribution in [0.2, 0.25) is 0 Å². The molecule has 0 spiro atoms. The molecular weight excluding hydrogens is 2660 g/mol. The minimum atomic E-state index is -0.659. The molecule has 0 N–H and O–H groups in total. The Balaban J connectivity index is 0.000000137. The summed E-state index contributed by atoms with van der Waals surface area (Å²) < 4.78 is 53.0. The number of hydrogen-bond donors (Lipinski definition) is 0. The molecule has 0 fully saturated rings. The van der Waals surface area contributed by atoms with Crippen molar-refractivity contribution < 1.29 is 123 Å². The fourth-order valence-electron chi connectivity index (χ4n) is 16.4. The van der Waals surface area contributed by atoms with Gasteiger partial charge in [-0.2, -0.15) is 71.0 Å². The van der Waals surface area contributed by atoms with E-state index in [9.17, 15) is 8.78 Å². The Labute approximate surface area is 887 Å². The Bertz CT molecular complexity index is 8190. The van der Waals surface area contributed by atoms with Gasteiger partial charge in [0.15, 0.2) is 0 Å². The molecule has 0 bridgehead atoms. The number of furan rings is 1. The van der Waals surface area contributed by atoms with Gasteiger partial charge in [0.25, 0.3) is 0 Å². The van der Waals surface area contributed by atoms with Crippen LogP contribution in [0.4, 0.5) is 8.78 Å². The standard InChI is InChI=1S/C22H15N2O.C17H15N2.C15H14N3O.C15H9N2.C14H12N3.C13H7F2N2.C10H9N2.C9H7N2.5Ir/c1-15-7-2-4-11-19(15)24-14-13-23-22(24)18-10-6-9-17-16-8-3-5-12-20(16)25-21(17)18;1-13-7-6-8-14(2)16(13)19-12-11-18-17(19)15-9-4-3-5-10-15;1-10-8-11(2)14(12(3)9-10)18-6-5-16-15(18)13-4-7-19-17-13;1-2-6-13-11(5-1)12-7-3-4-8-14(12)17-15(13)9-10-16-17;1-17-9-13(16-10-17)14-12(7-8-15-14)11-5-3-2-4-6-11;14-9-4-5-10(11(15)7-9)12-8-17-6-2-1-3-13(17)16-12;1-12-8-7-11-10(12)9-5-3-2-4-6-9;1-2-5-9(6-3-1)11-8-4-7-10-11;;;;;/h2-9,11-14H,1H3;3-9,11-12H,1-2H3;5-9H,1-3H3;1-7,9-10H;2-10H,1H3;1-4,6-8H;2-5,7-8H,1H3;1-5,7-8H;;;;;/q8*-1;;;;;. The molecule has 0 aliphatic carbocycles. The SMILES string of the molecule is Cc1cc(C)c(-n2ccnc2-c2[c-]con2)c(C)c1.Cc1cccc(C)c1-n1ccnc1-c1[c-]cccc1.Cc1ccccc1-n1ccnc1-c1[c-]ccc2c1oc1ccccc12.Cn1ccnc1-c1[c-]cccc1.Cn1cnc(-c2[n-]ccc2-c2ccccc2)c1.Fc1c[c-]c(-c2c[n+]3ccccc3[n-]2)c(F)c1.[Ir].[Ir].[Ir].[Ir].[Ir].[c-]1cccc2c3ccccc3c3ccnn3c12.[c-]1ccccc1-n1cccn1. The van der Waals surface area contributed by atoms with E-state index in [-0.39, 0.29) is 106 Å². The summed E-state index contributed by atoms with van der Waals surface area (Å²) >= 11 is 0. The predicted octanol–water partition coefficient (Wildman–Crippen LogP) is 24.6. The maximum absolute atomic E-state index is 13.5. The van der Waals surface area contributed by atoms with Crippen molar-refractivity contribution >= 4 is 54.8 Å². The molecule has 0 atom stereocenters. The van der Waals surface area contributed by atoms with E-state index in [1.807, 2.05) is 282 Å². The van der Waals surface area contributed by atoms with Crippen molar-refractivity contribution in [2.24, 2.45) is 14.1 Å². The molecule has 142 heavy (non-hydrogen) atoms. The molecule has 0 unspecified atom stereocenters. The zero-order valence-corrected chi connectivity index (χ0v) is 89.7. The van der Waals surface area contributed by atoms with E-state index in [1.165, 1.54) is 67.1 Å². The van der Waals surface area contributed by atoms with Crippen molar-refractivity contribution in [1.82, 2.24) is 82.3 Å². The van der Waals surface area contributed by atoms with E-state index in [4.69, 9.17) is 8.94 Å². The average Bonchev–Trinajstić information content (AvgIpc) is 1.44. The van der Waals surface area contributed by atoms with Gasteiger partial charge < -0.3 is 46.1 Å². The molecule has 717 valence electrons. The van der Waals surface area contributed by atoms with Crippen LogP contribution in [0.15, 0.2) is 400 Å². The number of nitrogens with zero attached hydrogens (tertiary/aromatic N) is 18. The van der Waals surface area contributed by atoms with Crippen LogP contribution in [-0.4, -0.2) is 72.3 Å². The summed E-state index contributed by atoms with van der Waals surface area (Å²) in [6.07, 6.45) is 31.1. The zero-order valence-electron chi connectivity index (χ0n) is 77.7. The second-order valence-corrected chi connectivity index (χ2v) is 32.0. The third kappa shape index (κ3) is 23.9. The smallest absolute Gasteiger partial charge is 0.126 e. The summed E-state index contributed by atoms with van der Waals surface area (Å²) in [4.78, 5) is 30.6. The number of hydrogen-bond acceptors (Lipinski definition) is 10. The Kier molecular flexibility index (Phi) is 36.3. The van der Waals surface area contributed by atoms with Crippen molar-refractivity contribution in [1.29, 1.82) is 0 Å². The first kappa shape index (κ1) is 105. The molecule has 0 saturated carbocycles. The summed E-state index contributed by atoms with van der Waals surface area (Å²) in [6.45, 7) is 12.7. The van der Waals surface area contributed by atoms with E-state index in [1.54, 1.807) is 40.2 Å². The first-order valence-corrected chi connectivity index (χ1v) is 44.1. The quantitative estimate of drug-likeness (QED) is 0.0676. The number of para-hydroxylation sites is 5. The molecule has 13 heterocycles. The maximum Gasteiger partial charge on any atom is 0.126 e. The molecular formula is C115H88F2Ir5N18O2-8. The fourth-order valence-corrected chi connectivity index (χ4v) is 16.4. The minimum Gasteiger partial charge on any atom is -0.662 e. The summed E-state index contributed by atoms with van der Waals surface area (Å²) in [5, 5.41) is 18.2. The normalized spacial score (nSPS) is 10.5. The number of imidazole rings is 6. The van der Waals surface area contributed by atoms with Gasteiger partial charge in [-0.25, -0.2) is 4.98 Å². The summed E-state index contributed by atoms with van der Waals surface area (Å²) in [6, 6.07) is 114. The number of benzene rings is 12. The van der Waals surface area contributed by atoms with Crippen molar-refractivity contribution in [3.05, 3.63) is 478 Å². The van der Waals surface area contributed by atoms with Crippen LogP contribution in [0, 0.1) is 95.6 Å². The molecule has 27 heteroatoms. The molecule has 20 nitrogen and oxygen atoms in total. The Morgan fingerprint density at radius 3 is 1.74 bits per heavy atom. The molecule has 0 saturated heterocycles.